The lowest BCUT2D eigenvalue weighted by Gasteiger charge is -2.16. The molecule has 0 amide bonds. The minimum absolute atomic E-state index is 0.0600. The van der Waals surface area contributed by atoms with Crippen molar-refractivity contribution >= 4 is 11.6 Å². The molecular weight excluding hydrogens is 216 g/mol. The van der Waals surface area contributed by atoms with Crippen LogP contribution in [-0.2, 0) is 0 Å². The van der Waals surface area contributed by atoms with Crippen LogP contribution in [0.2, 0.25) is 5.02 Å². The van der Waals surface area contributed by atoms with Crippen molar-refractivity contribution < 1.29 is 10.2 Å². The molecule has 1 aromatic rings. The number of halogens is 1. The summed E-state index contributed by atoms with van der Waals surface area (Å²) in [5.74, 6) is 0. The number of hydrogen-bond acceptors (Lipinski definition) is 4. The van der Waals surface area contributed by atoms with Crippen molar-refractivity contribution in [3.63, 3.8) is 0 Å². The lowest BCUT2D eigenvalue weighted by Crippen LogP contribution is -2.27. The molecule has 0 aliphatic rings. The molecule has 0 aliphatic carbocycles. The third-order valence-corrected chi connectivity index (χ3v) is 2.21. The number of rotatable bonds is 3. The Kier molecular flexibility index (Phi) is 4.06. The number of nitrogens with zero attached hydrogens (tertiary/aromatic N) is 1. The Morgan fingerprint density at radius 3 is 2.60 bits per heavy atom. The lowest BCUT2D eigenvalue weighted by atomic mass is 10.0. The Hall–Kier alpha value is -1.12. The quantitative estimate of drug-likeness (QED) is 0.703. The average Bonchev–Trinajstić information content (AvgIpc) is 2.26. The maximum Gasteiger partial charge on any atom is 0.106 e. The third kappa shape index (κ3) is 2.91. The second-order valence-corrected chi connectivity index (χ2v) is 3.57. The molecule has 2 atom stereocenters. The summed E-state index contributed by atoms with van der Waals surface area (Å²) in [6, 6.07) is 6.35. The molecule has 0 fully saturated rings. The Labute approximate surface area is 92.5 Å². The fourth-order valence-corrected chi connectivity index (χ4v) is 1.44. The van der Waals surface area contributed by atoms with Gasteiger partial charge in [-0.05, 0) is 23.8 Å². The lowest BCUT2D eigenvalue weighted by molar-refractivity contribution is 0.0243. The molecule has 15 heavy (non-hydrogen) atoms. The van der Waals surface area contributed by atoms with E-state index in [9.17, 15) is 10.2 Å². The Morgan fingerprint density at radius 2 is 2.07 bits per heavy atom. The molecular formula is C10H11ClN2O2. The fraction of sp³-hybridized carbons (Fsp3) is 0.300. The predicted octanol–water partition coefficient (Wildman–Crippen LogP) is 0.565. The van der Waals surface area contributed by atoms with Gasteiger partial charge in [-0.25, -0.2) is 0 Å². The second kappa shape index (κ2) is 5.10. The highest BCUT2D eigenvalue weighted by molar-refractivity contribution is 6.30. The maximum atomic E-state index is 9.64. The van der Waals surface area contributed by atoms with E-state index in [1.165, 1.54) is 18.2 Å². The van der Waals surface area contributed by atoms with E-state index in [2.05, 4.69) is 0 Å². The first-order valence-corrected chi connectivity index (χ1v) is 4.73. The summed E-state index contributed by atoms with van der Waals surface area (Å²) < 4.78 is 0. The highest BCUT2D eigenvalue weighted by atomic mass is 35.5. The molecule has 1 aromatic carbocycles. The molecule has 0 aromatic heterocycles. The van der Waals surface area contributed by atoms with E-state index in [-0.39, 0.29) is 6.54 Å². The molecule has 80 valence electrons. The van der Waals surface area contributed by atoms with E-state index < -0.39 is 12.2 Å². The van der Waals surface area contributed by atoms with Gasteiger partial charge in [0.1, 0.15) is 6.10 Å². The van der Waals surface area contributed by atoms with Gasteiger partial charge in [-0.15, -0.1) is 0 Å². The molecule has 0 spiro atoms. The van der Waals surface area contributed by atoms with Crippen molar-refractivity contribution in [2.45, 2.75) is 12.2 Å². The maximum absolute atomic E-state index is 9.64. The fourth-order valence-electron chi connectivity index (χ4n) is 1.20. The van der Waals surface area contributed by atoms with Crippen molar-refractivity contribution in [3.05, 3.63) is 34.3 Å². The third-order valence-electron chi connectivity index (χ3n) is 2.00. The summed E-state index contributed by atoms with van der Waals surface area (Å²) >= 11 is 5.75. The summed E-state index contributed by atoms with van der Waals surface area (Å²) in [5, 5.41) is 28.0. The Bertz CT molecular complexity index is 389. The number of nitrogens with two attached hydrogens (primary N) is 1. The van der Waals surface area contributed by atoms with Crippen LogP contribution < -0.4 is 5.73 Å². The summed E-state index contributed by atoms with van der Waals surface area (Å²) in [6.07, 6.45) is -2.18. The molecule has 0 bridgehead atoms. The van der Waals surface area contributed by atoms with Crippen LogP contribution in [0.15, 0.2) is 18.2 Å². The van der Waals surface area contributed by atoms with Gasteiger partial charge in [0, 0.05) is 11.6 Å². The molecule has 0 saturated heterocycles. The van der Waals surface area contributed by atoms with Gasteiger partial charge in [0.25, 0.3) is 0 Å². The first kappa shape index (κ1) is 12.0. The first-order valence-electron chi connectivity index (χ1n) is 4.35. The number of aliphatic hydroxyl groups is 2. The van der Waals surface area contributed by atoms with E-state index in [0.717, 1.165) is 0 Å². The Balaban J connectivity index is 3.04. The van der Waals surface area contributed by atoms with Gasteiger partial charge in [0.15, 0.2) is 0 Å². The van der Waals surface area contributed by atoms with Crippen LogP contribution in [-0.4, -0.2) is 22.9 Å². The van der Waals surface area contributed by atoms with Gasteiger partial charge in [-0.3, -0.25) is 0 Å². The van der Waals surface area contributed by atoms with Crippen LogP contribution in [0.5, 0.6) is 0 Å². The standard InChI is InChI=1S/C10H11ClN2O2/c11-8-2-6(4-12)1-7(3-8)10(15)9(14)5-13/h1-3,9-10,14-15H,5,13H2. The SMILES string of the molecule is N#Cc1cc(Cl)cc(C(O)C(O)CN)c1. The second-order valence-electron chi connectivity index (χ2n) is 3.13. The summed E-state index contributed by atoms with van der Waals surface area (Å²) in [4.78, 5) is 0. The predicted molar refractivity (Wildman–Crippen MR) is 56.2 cm³/mol. The summed E-state index contributed by atoms with van der Waals surface area (Å²) in [7, 11) is 0. The van der Waals surface area contributed by atoms with Crippen LogP contribution in [0.3, 0.4) is 0 Å². The zero-order valence-corrected chi connectivity index (χ0v) is 8.65. The molecule has 0 saturated carbocycles. The van der Waals surface area contributed by atoms with Crippen molar-refractivity contribution in [1.82, 2.24) is 0 Å². The zero-order chi connectivity index (χ0) is 11.4. The highest BCUT2D eigenvalue weighted by Crippen LogP contribution is 2.22. The van der Waals surface area contributed by atoms with E-state index in [0.29, 0.717) is 16.1 Å². The van der Waals surface area contributed by atoms with Crippen molar-refractivity contribution in [2.24, 2.45) is 5.73 Å². The molecule has 0 radical (unpaired) electrons. The van der Waals surface area contributed by atoms with Crippen molar-refractivity contribution in [1.29, 1.82) is 5.26 Å². The first-order chi connectivity index (χ1) is 7.08. The largest absolute Gasteiger partial charge is 0.389 e. The minimum Gasteiger partial charge on any atom is -0.389 e. The van der Waals surface area contributed by atoms with Crippen molar-refractivity contribution in [3.8, 4) is 6.07 Å². The monoisotopic (exact) mass is 226 g/mol. The molecule has 0 heterocycles. The van der Waals surface area contributed by atoms with Gasteiger partial charge >= 0.3 is 0 Å². The van der Waals surface area contributed by atoms with E-state index >= 15 is 0 Å². The van der Waals surface area contributed by atoms with Gasteiger partial charge in [-0.1, -0.05) is 11.6 Å². The molecule has 5 heteroatoms. The molecule has 1 rings (SSSR count). The molecule has 4 N–H and O–H groups in total. The molecule has 2 unspecified atom stereocenters. The average molecular weight is 227 g/mol. The van der Waals surface area contributed by atoms with E-state index in [1.54, 1.807) is 0 Å². The normalized spacial score (nSPS) is 14.3. The Morgan fingerprint density at radius 1 is 1.40 bits per heavy atom. The van der Waals surface area contributed by atoms with Gasteiger partial charge in [0.2, 0.25) is 0 Å². The number of benzene rings is 1. The number of aliphatic hydroxyl groups excluding tert-OH is 2. The van der Waals surface area contributed by atoms with Crippen LogP contribution in [0.4, 0.5) is 0 Å². The summed E-state index contributed by atoms with van der Waals surface area (Å²) in [6.45, 7) is -0.0600. The van der Waals surface area contributed by atoms with E-state index in [4.69, 9.17) is 22.6 Å². The smallest absolute Gasteiger partial charge is 0.106 e. The van der Waals surface area contributed by atoms with Crippen molar-refractivity contribution in [2.75, 3.05) is 6.54 Å². The molecule has 4 nitrogen and oxygen atoms in total. The minimum atomic E-state index is -1.12. The van der Waals surface area contributed by atoms with Crippen LogP contribution in [0, 0.1) is 11.3 Å². The number of nitriles is 1. The topological polar surface area (TPSA) is 90.3 Å². The van der Waals surface area contributed by atoms with Gasteiger partial charge in [-0.2, -0.15) is 5.26 Å². The zero-order valence-electron chi connectivity index (χ0n) is 7.89. The number of hydrogen-bond donors (Lipinski definition) is 3. The van der Waals surface area contributed by atoms with Gasteiger partial charge < -0.3 is 15.9 Å². The van der Waals surface area contributed by atoms with E-state index in [1.807, 2.05) is 6.07 Å². The van der Waals surface area contributed by atoms with Crippen LogP contribution >= 0.6 is 11.6 Å². The molecule has 0 aliphatic heterocycles. The summed E-state index contributed by atoms with van der Waals surface area (Å²) in [5.41, 5.74) is 5.93. The highest BCUT2D eigenvalue weighted by Gasteiger charge is 2.17. The van der Waals surface area contributed by atoms with Gasteiger partial charge in [0.05, 0.1) is 17.7 Å². The van der Waals surface area contributed by atoms with Crippen LogP contribution in [0.1, 0.15) is 17.2 Å². The van der Waals surface area contributed by atoms with Crippen LogP contribution in [0.25, 0.3) is 0 Å².